The third kappa shape index (κ3) is 5.43. The van der Waals surface area contributed by atoms with Crippen molar-refractivity contribution in [1.82, 2.24) is 24.2 Å². The number of carbonyl (C=O) groups is 1. The number of piperazine rings is 1. The largest absolute Gasteiger partial charge is 0.573 e. The van der Waals surface area contributed by atoms with Crippen molar-refractivity contribution in [2.75, 3.05) is 44.6 Å². The molecule has 0 saturated carbocycles. The van der Waals surface area contributed by atoms with E-state index >= 15 is 0 Å². The van der Waals surface area contributed by atoms with E-state index in [4.69, 9.17) is 0 Å². The summed E-state index contributed by atoms with van der Waals surface area (Å²) in [6.45, 7) is 7.45. The van der Waals surface area contributed by atoms with E-state index in [1.54, 1.807) is 27.9 Å². The number of imidazole rings is 1. The molecular weight excluding hydrogens is 437 g/mol. The van der Waals surface area contributed by atoms with E-state index in [2.05, 4.69) is 31.5 Å². The van der Waals surface area contributed by atoms with Gasteiger partial charge in [-0.15, -0.1) is 19.8 Å². The molecule has 2 aromatic heterocycles. The number of amides is 1. The molecule has 11 heteroatoms. The van der Waals surface area contributed by atoms with Crippen LogP contribution in [0.25, 0.3) is 16.9 Å². The van der Waals surface area contributed by atoms with Crippen LogP contribution in [0.4, 0.5) is 19.0 Å². The number of nitrogens with zero attached hydrogens (tertiary/aromatic N) is 5. The summed E-state index contributed by atoms with van der Waals surface area (Å²) >= 11 is 0. The highest BCUT2D eigenvalue weighted by atomic mass is 19.4. The number of fused-ring (bicyclic) bond motifs is 1. The van der Waals surface area contributed by atoms with Gasteiger partial charge in [-0.2, -0.15) is 0 Å². The molecule has 1 aliphatic rings. The maximum atomic E-state index is 12.8. The Balaban J connectivity index is 1.51. The first-order valence-electron chi connectivity index (χ1n) is 10.4. The Labute approximate surface area is 188 Å². The molecule has 1 fully saturated rings. The molecule has 0 spiro atoms. The van der Waals surface area contributed by atoms with Crippen molar-refractivity contribution in [2.24, 2.45) is 0 Å². The van der Waals surface area contributed by atoms with Gasteiger partial charge in [-0.1, -0.05) is 6.08 Å². The molecule has 0 bridgehead atoms. The molecule has 3 heterocycles. The molecule has 174 valence electrons. The lowest BCUT2D eigenvalue weighted by atomic mass is 10.1. The molecule has 4 rings (SSSR count). The summed E-state index contributed by atoms with van der Waals surface area (Å²) in [6.07, 6.45) is 1.94. The first-order valence-corrected chi connectivity index (χ1v) is 10.4. The Kier molecular flexibility index (Phi) is 6.50. The Bertz CT molecular complexity index is 1120. The molecule has 8 nitrogen and oxygen atoms in total. The van der Waals surface area contributed by atoms with Crippen molar-refractivity contribution in [3.05, 3.63) is 55.5 Å². The first kappa shape index (κ1) is 22.6. The second-order valence-electron chi connectivity index (χ2n) is 7.51. The molecule has 33 heavy (non-hydrogen) atoms. The normalized spacial score (nSPS) is 14.9. The Morgan fingerprint density at radius 3 is 2.58 bits per heavy atom. The summed E-state index contributed by atoms with van der Waals surface area (Å²) in [5.74, 6) is 0.185. The average molecular weight is 460 g/mol. The Hall–Kier alpha value is -3.60. The number of anilines is 1. The zero-order valence-electron chi connectivity index (χ0n) is 17.8. The van der Waals surface area contributed by atoms with Crippen molar-refractivity contribution in [3.8, 4) is 17.0 Å². The summed E-state index contributed by atoms with van der Waals surface area (Å²) in [7, 11) is 0. The fourth-order valence-corrected chi connectivity index (χ4v) is 3.73. The van der Waals surface area contributed by atoms with Crippen molar-refractivity contribution >= 4 is 17.4 Å². The summed E-state index contributed by atoms with van der Waals surface area (Å²) in [4.78, 5) is 25.4. The zero-order chi connectivity index (χ0) is 23.4. The topological polar surface area (TPSA) is 75.0 Å². The molecule has 3 aromatic rings. The highest BCUT2D eigenvalue weighted by molar-refractivity contribution is 5.84. The van der Waals surface area contributed by atoms with Crippen LogP contribution in [0, 0.1) is 0 Å². The SMILES string of the molecule is C=CCN1CCN(C(=O)CNc2c(-c3ccc(OC(F)(F)F)cc3)nc3cnccn23)CC1. The minimum absolute atomic E-state index is 0.0443. The van der Waals surface area contributed by atoms with Crippen LogP contribution in [0.15, 0.2) is 55.5 Å². The van der Waals surface area contributed by atoms with E-state index in [0.717, 1.165) is 19.6 Å². The lowest BCUT2D eigenvalue weighted by Gasteiger charge is -2.34. The third-order valence-corrected chi connectivity index (χ3v) is 5.31. The molecule has 1 amide bonds. The minimum atomic E-state index is -4.76. The predicted molar refractivity (Wildman–Crippen MR) is 117 cm³/mol. The number of carbonyl (C=O) groups excluding carboxylic acids is 1. The summed E-state index contributed by atoms with van der Waals surface area (Å²) in [5.41, 5.74) is 1.60. The number of nitrogens with one attached hydrogen (secondary N) is 1. The number of ether oxygens (including phenoxy) is 1. The Morgan fingerprint density at radius 1 is 1.18 bits per heavy atom. The van der Waals surface area contributed by atoms with Crippen molar-refractivity contribution in [3.63, 3.8) is 0 Å². The molecule has 0 radical (unpaired) electrons. The van der Waals surface area contributed by atoms with Gasteiger partial charge >= 0.3 is 6.36 Å². The fourth-order valence-electron chi connectivity index (χ4n) is 3.73. The van der Waals surface area contributed by atoms with Gasteiger partial charge in [-0.05, 0) is 24.3 Å². The molecule has 1 aromatic carbocycles. The lowest BCUT2D eigenvalue weighted by Crippen LogP contribution is -2.50. The minimum Gasteiger partial charge on any atom is -0.406 e. The average Bonchev–Trinajstić information content (AvgIpc) is 3.16. The zero-order valence-corrected chi connectivity index (χ0v) is 17.8. The van der Waals surface area contributed by atoms with Crippen LogP contribution in [-0.2, 0) is 4.79 Å². The molecule has 0 atom stereocenters. The first-order chi connectivity index (χ1) is 15.8. The molecular formula is C22H23F3N6O2. The maximum absolute atomic E-state index is 12.8. The number of hydrogen-bond acceptors (Lipinski definition) is 6. The molecule has 1 N–H and O–H groups in total. The predicted octanol–water partition coefficient (Wildman–Crippen LogP) is 3.04. The Morgan fingerprint density at radius 2 is 1.91 bits per heavy atom. The van der Waals surface area contributed by atoms with Gasteiger partial charge in [0.05, 0.1) is 12.7 Å². The van der Waals surface area contributed by atoms with Gasteiger partial charge < -0.3 is 15.0 Å². The molecule has 1 saturated heterocycles. The van der Waals surface area contributed by atoms with Crippen LogP contribution in [-0.4, -0.2) is 75.7 Å². The highest BCUT2D eigenvalue weighted by Gasteiger charge is 2.31. The second-order valence-corrected chi connectivity index (χ2v) is 7.51. The number of benzene rings is 1. The van der Waals surface area contributed by atoms with E-state index in [9.17, 15) is 18.0 Å². The second kappa shape index (κ2) is 9.49. The summed E-state index contributed by atoms with van der Waals surface area (Å²) in [6, 6.07) is 5.43. The van der Waals surface area contributed by atoms with Gasteiger partial charge in [0.1, 0.15) is 17.3 Å². The van der Waals surface area contributed by atoms with E-state index in [1.807, 2.05) is 6.08 Å². The van der Waals surface area contributed by atoms with Gasteiger partial charge in [-0.25, -0.2) is 4.98 Å². The van der Waals surface area contributed by atoms with Crippen LogP contribution >= 0.6 is 0 Å². The standard InChI is InChI=1S/C22H23F3N6O2/c1-2-8-29-10-12-30(13-11-29)19(32)15-27-21-20(28-18-14-26-7-9-31(18)21)16-3-5-17(6-4-16)33-22(23,24)25/h2-7,9,14,27H,1,8,10-13,15H2. The van der Waals surface area contributed by atoms with E-state index in [1.165, 1.54) is 24.3 Å². The third-order valence-electron chi connectivity index (χ3n) is 5.31. The van der Waals surface area contributed by atoms with Crippen LogP contribution in [0.1, 0.15) is 0 Å². The van der Waals surface area contributed by atoms with Gasteiger partial charge in [0, 0.05) is 50.7 Å². The number of rotatable bonds is 7. The van der Waals surface area contributed by atoms with Gasteiger partial charge in [0.15, 0.2) is 5.65 Å². The molecule has 0 unspecified atom stereocenters. The van der Waals surface area contributed by atoms with Gasteiger partial charge in [0.25, 0.3) is 0 Å². The van der Waals surface area contributed by atoms with Gasteiger partial charge in [-0.3, -0.25) is 19.1 Å². The van der Waals surface area contributed by atoms with Crippen LogP contribution < -0.4 is 10.1 Å². The highest BCUT2D eigenvalue weighted by Crippen LogP contribution is 2.31. The molecule has 0 aliphatic carbocycles. The smallest absolute Gasteiger partial charge is 0.406 e. The van der Waals surface area contributed by atoms with Crippen molar-refractivity contribution in [1.29, 1.82) is 0 Å². The van der Waals surface area contributed by atoms with Crippen LogP contribution in [0.5, 0.6) is 5.75 Å². The molecule has 1 aliphatic heterocycles. The van der Waals surface area contributed by atoms with Crippen molar-refractivity contribution < 1.29 is 22.7 Å². The maximum Gasteiger partial charge on any atom is 0.573 e. The van der Waals surface area contributed by atoms with Gasteiger partial charge in [0.2, 0.25) is 5.91 Å². The quantitative estimate of drug-likeness (QED) is 0.547. The summed E-state index contributed by atoms with van der Waals surface area (Å²) < 4.78 is 43.1. The fraction of sp³-hybridized carbons (Fsp3) is 0.318. The number of alkyl halides is 3. The number of halogens is 3. The van der Waals surface area contributed by atoms with Crippen LogP contribution in [0.2, 0.25) is 0 Å². The monoisotopic (exact) mass is 460 g/mol. The number of hydrogen-bond donors (Lipinski definition) is 1. The van der Waals surface area contributed by atoms with E-state index in [-0.39, 0.29) is 18.2 Å². The lowest BCUT2D eigenvalue weighted by molar-refractivity contribution is -0.274. The van der Waals surface area contributed by atoms with Crippen molar-refractivity contribution in [2.45, 2.75) is 6.36 Å². The summed E-state index contributed by atoms with van der Waals surface area (Å²) in [5, 5.41) is 3.16. The van der Waals surface area contributed by atoms with Crippen LogP contribution in [0.3, 0.4) is 0 Å². The van der Waals surface area contributed by atoms with E-state index in [0.29, 0.717) is 35.8 Å². The number of aromatic nitrogens is 3. The van der Waals surface area contributed by atoms with E-state index < -0.39 is 6.36 Å².